The van der Waals surface area contributed by atoms with Gasteiger partial charge in [-0.2, -0.15) is 0 Å². The van der Waals surface area contributed by atoms with Crippen molar-refractivity contribution >= 4 is 5.69 Å². The summed E-state index contributed by atoms with van der Waals surface area (Å²) in [5.74, 6) is -0.419. The lowest BCUT2D eigenvalue weighted by molar-refractivity contribution is -0.386. The minimum absolute atomic E-state index is 0.0921. The molecule has 0 N–H and O–H groups in total. The van der Waals surface area contributed by atoms with Crippen molar-refractivity contribution in [1.29, 1.82) is 0 Å². The van der Waals surface area contributed by atoms with E-state index in [1.54, 1.807) is 25.1 Å². The van der Waals surface area contributed by atoms with Crippen LogP contribution in [-0.4, -0.2) is 11.6 Å². The Hall–Kier alpha value is -1.45. The molecule has 0 radical (unpaired) electrons. The molecule has 0 heterocycles. The van der Waals surface area contributed by atoms with Gasteiger partial charge in [-0.05, 0) is 6.42 Å². The maximum Gasteiger partial charge on any atom is 0.276 e. The minimum Gasteiger partial charge on any atom is -0.258 e. The Morgan fingerprint density at radius 1 is 1.50 bits per heavy atom. The summed E-state index contributed by atoms with van der Waals surface area (Å²) >= 11 is 0. The number of para-hydroxylation sites is 1. The van der Waals surface area contributed by atoms with Gasteiger partial charge in [-0.15, -0.1) is 0 Å². The van der Waals surface area contributed by atoms with Crippen LogP contribution in [0.2, 0.25) is 0 Å². The number of rotatable bonds is 5. The molecule has 4 heteroatoms. The van der Waals surface area contributed by atoms with Crippen molar-refractivity contribution < 1.29 is 9.31 Å². The van der Waals surface area contributed by atoms with Crippen molar-refractivity contribution in [2.75, 3.05) is 6.67 Å². The van der Waals surface area contributed by atoms with Crippen molar-refractivity contribution in [2.24, 2.45) is 0 Å². The predicted octanol–water partition coefficient (Wildman–Crippen LogP) is 3.62. The van der Waals surface area contributed by atoms with Gasteiger partial charge in [-0.3, -0.25) is 14.5 Å². The third-order valence-electron chi connectivity index (χ3n) is 2.62. The van der Waals surface area contributed by atoms with Gasteiger partial charge in [0.25, 0.3) is 5.69 Å². The molecule has 0 aliphatic heterocycles. The summed E-state index contributed by atoms with van der Waals surface area (Å²) in [4.78, 5) is 10.6. The standard InChI is InChI=1S/C12H16FNO2/c1-3-5-10-6-4-7-11(9(2)8-13)12(10)14(15)16/h4,6-7,9H,3,5,8H2,1-2H3. The summed E-state index contributed by atoms with van der Waals surface area (Å²) in [7, 11) is 0. The average molecular weight is 225 g/mol. The number of nitrogens with zero attached hydrogens (tertiary/aromatic N) is 1. The third-order valence-corrected chi connectivity index (χ3v) is 2.62. The number of halogens is 1. The zero-order valence-electron chi connectivity index (χ0n) is 9.57. The average Bonchev–Trinajstić information content (AvgIpc) is 2.27. The molecule has 0 aliphatic carbocycles. The summed E-state index contributed by atoms with van der Waals surface area (Å²) < 4.78 is 12.6. The zero-order chi connectivity index (χ0) is 12.1. The first-order valence-corrected chi connectivity index (χ1v) is 5.43. The van der Waals surface area contributed by atoms with Crippen molar-refractivity contribution in [1.82, 2.24) is 0 Å². The van der Waals surface area contributed by atoms with E-state index in [1.165, 1.54) is 0 Å². The second-order valence-electron chi connectivity index (χ2n) is 3.92. The molecule has 0 amide bonds. The number of nitro groups is 1. The first-order valence-electron chi connectivity index (χ1n) is 5.43. The lowest BCUT2D eigenvalue weighted by Crippen LogP contribution is -2.04. The van der Waals surface area contributed by atoms with Gasteiger partial charge in [-0.1, -0.05) is 38.5 Å². The van der Waals surface area contributed by atoms with Gasteiger partial charge in [-0.25, -0.2) is 0 Å². The quantitative estimate of drug-likeness (QED) is 0.567. The molecule has 0 aromatic heterocycles. The summed E-state index contributed by atoms with van der Waals surface area (Å²) in [6.45, 7) is 3.06. The first kappa shape index (κ1) is 12.6. The SMILES string of the molecule is CCCc1cccc(C(C)CF)c1[N+](=O)[O-]. The summed E-state index contributed by atoms with van der Waals surface area (Å²) in [6, 6.07) is 5.15. The van der Waals surface area contributed by atoms with Crippen molar-refractivity contribution in [3.63, 3.8) is 0 Å². The fourth-order valence-corrected chi connectivity index (χ4v) is 1.79. The number of nitro benzene ring substituents is 1. The highest BCUT2D eigenvalue weighted by molar-refractivity contribution is 5.49. The first-order chi connectivity index (χ1) is 7.61. The van der Waals surface area contributed by atoms with Crippen LogP contribution in [0.25, 0.3) is 0 Å². The van der Waals surface area contributed by atoms with Crippen LogP contribution < -0.4 is 0 Å². The Bertz CT molecular complexity index is 379. The third kappa shape index (κ3) is 2.56. The highest BCUT2D eigenvalue weighted by Crippen LogP contribution is 2.30. The van der Waals surface area contributed by atoms with Gasteiger partial charge < -0.3 is 0 Å². The van der Waals surface area contributed by atoms with Crippen molar-refractivity contribution in [3.05, 3.63) is 39.4 Å². The Balaban J connectivity index is 3.26. The van der Waals surface area contributed by atoms with Crippen molar-refractivity contribution in [3.8, 4) is 0 Å². The summed E-state index contributed by atoms with van der Waals surface area (Å²) in [6.07, 6.45) is 1.50. The number of hydrogen-bond acceptors (Lipinski definition) is 2. The zero-order valence-corrected chi connectivity index (χ0v) is 9.57. The van der Waals surface area contributed by atoms with Crippen LogP contribution in [0.3, 0.4) is 0 Å². The second kappa shape index (κ2) is 5.58. The highest BCUT2D eigenvalue weighted by Gasteiger charge is 2.22. The lowest BCUT2D eigenvalue weighted by atomic mass is 9.96. The minimum atomic E-state index is -0.573. The van der Waals surface area contributed by atoms with E-state index in [9.17, 15) is 14.5 Å². The fourth-order valence-electron chi connectivity index (χ4n) is 1.79. The summed E-state index contributed by atoms with van der Waals surface area (Å²) in [5, 5.41) is 11.0. The van der Waals surface area contributed by atoms with Gasteiger partial charge in [0.2, 0.25) is 0 Å². The molecule has 1 aromatic rings. The molecule has 0 bridgehead atoms. The monoisotopic (exact) mass is 225 g/mol. The van der Waals surface area contributed by atoms with E-state index in [0.717, 1.165) is 6.42 Å². The predicted molar refractivity (Wildman–Crippen MR) is 61.5 cm³/mol. The van der Waals surface area contributed by atoms with E-state index in [-0.39, 0.29) is 5.69 Å². The number of hydrogen-bond donors (Lipinski definition) is 0. The molecule has 1 rings (SSSR count). The largest absolute Gasteiger partial charge is 0.276 e. The van der Waals surface area contributed by atoms with Crippen molar-refractivity contribution in [2.45, 2.75) is 32.6 Å². The molecule has 1 aromatic carbocycles. The van der Waals surface area contributed by atoms with Gasteiger partial charge in [0.1, 0.15) is 0 Å². The molecule has 3 nitrogen and oxygen atoms in total. The van der Waals surface area contributed by atoms with Crippen LogP contribution in [0.15, 0.2) is 18.2 Å². The molecule has 0 saturated carbocycles. The normalized spacial score (nSPS) is 12.4. The van der Waals surface area contributed by atoms with Gasteiger partial charge >= 0.3 is 0 Å². The molecule has 1 atom stereocenters. The summed E-state index contributed by atoms with van der Waals surface area (Å²) in [5.41, 5.74) is 1.29. The lowest BCUT2D eigenvalue weighted by Gasteiger charge is -2.10. The maximum atomic E-state index is 12.6. The fraction of sp³-hybridized carbons (Fsp3) is 0.500. The molecule has 0 saturated heterocycles. The highest BCUT2D eigenvalue weighted by atomic mass is 19.1. The van der Waals surface area contributed by atoms with E-state index in [1.807, 2.05) is 6.92 Å². The Labute approximate surface area is 94.4 Å². The molecule has 0 aliphatic rings. The smallest absolute Gasteiger partial charge is 0.258 e. The molecule has 0 fully saturated rings. The van der Waals surface area contributed by atoms with Crippen LogP contribution in [0.1, 0.15) is 37.3 Å². The van der Waals surface area contributed by atoms with Crippen LogP contribution in [-0.2, 0) is 6.42 Å². The van der Waals surface area contributed by atoms with Gasteiger partial charge in [0.05, 0.1) is 11.6 Å². The second-order valence-corrected chi connectivity index (χ2v) is 3.92. The number of aryl methyl sites for hydroxylation is 1. The molecular formula is C12H16FNO2. The Morgan fingerprint density at radius 2 is 2.19 bits per heavy atom. The molecule has 88 valence electrons. The maximum absolute atomic E-state index is 12.6. The van der Waals surface area contributed by atoms with E-state index >= 15 is 0 Å². The topological polar surface area (TPSA) is 43.1 Å². The van der Waals surface area contributed by atoms with E-state index in [2.05, 4.69) is 0 Å². The van der Waals surface area contributed by atoms with E-state index < -0.39 is 17.5 Å². The van der Waals surface area contributed by atoms with Crippen LogP contribution in [0.4, 0.5) is 10.1 Å². The number of alkyl halides is 1. The molecule has 1 unspecified atom stereocenters. The van der Waals surface area contributed by atoms with E-state index in [0.29, 0.717) is 17.5 Å². The van der Waals surface area contributed by atoms with Crippen LogP contribution in [0, 0.1) is 10.1 Å². The van der Waals surface area contributed by atoms with Gasteiger partial charge in [0.15, 0.2) is 0 Å². The van der Waals surface area contributed by atoms with Crippen LogP contribution in [0.5, 0.6) is 0 Å². The molecule has 16 heavy (non-hydrogen) atoms. The Kier molecular flexibility index (Phi) is 4.40. The van der Waals surface area contributed by atoms with Crippen LogP contribution >= 0.6 is 0 Å². The molecular weight excluding hydrogens is 209 g/mol. The molecule has 0 spiro atoms. The van der Waals surface area contributed by atoms with Gasteiger partial charge in [0, 0.05) is 17.0 Å². The number of benzene rings is 1. The van der Waals surface area contributed by atoms with E-state index in [4.69, 9.17) is 0 Å². The Morgan fingerprint density at radius 3 is 2.69 bits per heavy atom.